The van der Waals surface area contributed by atoms with E-state index < -0.39 is 5.54 Å². The highest BCUT2D eigenvalue weighted by Crippen LogP contribution is 2.23. The molecule has 0 aliphatic carbocycles. The molecule has 1 aliphatic rings. The topological polar surface area (TPSA) is 65.4 Å². The number of hydrogen-bond donors (Lipinski definition) is 1. The maximum Gasteiger partial charge on any atom is 0.242 e. The van der Waals surface area contributed by atoms with Crippen molar-refractivity contribution in [3.63, 3.8) is 0 Å². The second kappa shape index (κ2) is 5.51. The van der Waals surface area contributed by atoms with Gasteiger partial charge in [0.2, 0.25) is 5.91 Å². The van der Waals surface area contributed by atoms with Gasteiger partial charge in [0.15, 0.2) is 0 Å². The predicted molar refractivity (Wildman–Crippen MR) is 75.2 cm³/mol. The lowest BCUT2D eigenvalue weighted by atomic mass is 10.00. The molecule has 1 N–H and O–H groups in total. The van der Waals surface area contributed by atoms with Crippen LogP contribution in [0, 0.1) is 11.3 Å². The minimum atomic E-state index is -0.543. The molecule has 5 heteroatoms. The number of nitriles is 1. The summed E-state index contributed by atoms with van der Waals surface area (Å²) in [6.07, 6.45) is 0. The van der Waals surface area contributed by atoms with Gasteiger partial charge in [-0.3, -0.25) is 4.79 Å². The van der Waals surface area contributed by atoms with E-state index in [-0.39, 0.29) is 5.91 Å². The first-order valence-electron chi connectivity index (χ1n) is 6.59. The highest BCUT2D eigenvalue weighted by Gasteiger charge is 2.35. The molecule has 0 saturated carbocycles. The fourth-order valence-corrected chi connectivity index (χ4v) is 2.40. The van der Waals surface area contributed by atoms with Crippen LogP contribution in [0.5, 0.6) is 5.75 Å². The van der Waals surface area contributed by atoms with Crippen molar-refractivity contribution >= 4 is 5.91 Å². The van der Waals surface area contributed by atoms with Crippen LogP contribution in [0.15, 0.2) is 18.2 Å². The highest BCUT2D eigenvalue weighted by atomic mass is 16.5. The standard InChI is InChI=1S/C15H19N3O2/c1-15(2)14(19)18(7-6-17-15)10-12-8-11(9-16)4-5-13(12)20-3/h4-5,8,17H,6-7,10H2,1-3H3. The summed E-state index contributed by atoms with van der Waals surface area (Å²) in [4.78, 5) is 14.2. The lowest BCUT2D eigenvalue weighted by Crippen LogP contribution is -2.60. The number of ether oxygens (including phenoxy) is 1. The summed E-state index contributed by atoms with van der Waals surface area (Å²) in [6, 6.07) is 7.37. The number of benzene rings is 1. The zero-order valence-corrected chi connectivity index (χ0v) is 12.1. The number of methoxy groups -OCH3 is 1. The zero-order chi connectivity index (χ0) is 14.8. The molecular formula is C15H19N3O2. The molecule has 2 rings (SSSR count). The third-order valence-corrected chi connectivity index (χ3v) is 3.54. The van der Waals surface area contributed by atoms with Gasteiger partial charge in [-0.25, -0.2) is 0 Å². The summed E-state index contributed by atoms with van der Waals surface area (Å²) in [6.45, 7) is 5.64. The fraction of sp³-hybridized carbons (Fsp3) is 0.467. The van der Waals surface area contributed by atoms with E-state index in [1.807, 2.05) is 13.8 Å². The summed E-state index contributed by atoms with van der Waals surface area (Å²) in [5.41, 5.74) is 0.887. The van der Waals surface area contributed by atoms with Gasteiger partial charge in [0.1, 0.15) is 5.75 Å². The molecule has 5 nitrogen and oxygen atoms in total. The quantitative estimate of drug-likeness (QED) is 0.901. The summed E-state index contributed by atoms with van der Waals surface area (Å²) < 4.78 is 5.31. The lowest BCUT2D eigenvalue weighted by molar-refractivity contribution is -0.140. The third kappa shape index (κ3) is 2.75. The van der Waals surface area contributed by atoms with E-state index in [4.69, 9.17) is 10.00 Å². The molecule has 0 spiro atoms. The van der Waals surface area contributed by atoms with Crippen molar-refractivity contribution in [2.45, 2.75) is 25.9 Å². The Bertz CT molecular complexity index is 561. The Labute approximate surface area is 119 Å². The van der Waals surface area contributed by atoms with Crippen LogP contribution in [0.1, 0.15) is 25.0 Å². The van der Waals surface area contributed by atoms with E-state index in [1.54, 1.807) is 30.2 Å². The lowest BCUT2D eigenvalue weighted by Gasteiger charge is -2.38. The molecule has 0 atom stereocenters. The molecule has 1 amide bonds. The molecule has 1 fully saturated rings. The van der Waals surface area contributed by atoms with Crippen LogP contribution in [0.25, 0.3) is 0 Å². The van der Waals surface area contributed by atoms with Crippen molar-refractivity contribution in [1.82, 2.24) is 10.2 Å². The number of rotatable bonds is 3. The predicted octanol–water partition coefficient (Wildman–Crippen LogP) is 1.28. The maximum atomic E-state index is 12.4. The fourth-order valence-electron chi connectivity index (χ4n) is 2.40. The van der Waals surface area contributed by atoms with Gasteiger partial charge in [0.25, 0.3) is 0 Å². The summed E-state index contributed by atoms with van der Waals surface area (Å²) in [5, 5.41) is 12.2. The molecule has 106 valence electrons. The van der Waals surface area contributed by atoms with Crippen molar-refractivity contribution in [3.8, 4) is 11.8 Å². The van der Waals surface area contributed by atoms with Crippen LogP contribution < -0.4 is 10.1 Å². The number of nitrogens with one attached hydrogen (secondary N) is 1. The minimum Gasteiger partial charge on any atom is -0.496 e. The Morgan fingerprint density at radius 2 is 2.25 bits per heavy atom. The number of hydrogen-bond acceptors (Lipinski definition) is 4. The molecule has 0 unspecified atom stereocenters. The molecule has 0 radical (unpaired) electrons. The van der Waals surface area contributed by atoms with Crippen LogP contribution in [-0.2, 0) is 11.3 Å². The van der Waals surface area contributed by atoms with E-state index >= 15 is 0 Å². The van der Waals surface area contributed by atoms with Crippen LogP contribution in [0.3, 0.4) is 0 Å². The normalized spacial score (nSPS) is 17.7. The van der Waals surface area contributed by atoms with E-state index in [0.29, 0.717) is 24.4 Å². The second-order valence-corrected chi connectivity index (χ2v) is 5.42. The summed E-state index contributed by atoms with van der Waals surface area (Å²) >= 11 is 0. The average Bonchev–Trinajstić information content (AvgIpc) is 2.43. The van der Waals surface area contributed by atoms with Gasteiger partial charge in [-0.2, -0.15) is 5.26 Å². The first-order valence-corrected chi connectivity index (χ1v) is 6.59. The average molecular weight is 273 g/mol. The Kier molecular flexibility index (Phi) is 3.96. The summed E-state index contributed by atoms with van der Waals surface area (Å²) in [5.74, 6) is 0.765. The Morgan fingerprint density at radius 3 is 2.90 bits per heavy atom. The number of nitrogens with zero attached hydrogens (tertiary/aromatic N) is 2. The molecular weight excluding hydrogens is 254 g/mol. The van der Waals surface area contributed by atoms with Crippen molar-refractivity contribution in [3.05, 3.63) is 29.3 Å². The smallest absolute Gasteiger partial charge is 0.242 e. The van der Waals surface area contributed by atoms with Gasteiger partial charge < -0.3 is 15.0 Å². The molecule has 0 aromatic heterocycles. The van der Waals surface area contributed by atoms with Crippen molar-refractivity contribution in [2.24, 2.45) is 0 Å². The number of carbonyl (C=O) groups excluding carboxylic acids is 1. The van der Waals surface area contributed by atoms with Gasteiger partial charge in [-0.15, -0.1) is 0 Å². The highest BCUT2D eigenvalue weighted by molar-refractivity contribution is 5.86. The van der Waals surface area contributed by atoms with E-state index in [1.165, 1.54) is 0 Å². The largest absolute Gasteiger partial charge is 0.496 e. The van der Waals surface area contributed by atoms with Gasteiger partial charge in [0.05, 0.1) is 24.3 Å². The second-order valence-electron chi connectivity index (χ2n) is 5.42. The Hall–Kier alpha value is -2.06. The SMILES string of the molecule is COc1ccc(C#N)cc1CN1CCNC(C)(C)C1=O. The van der Waals surface area contributed by atoms with E-state index in [2.05, 4.69) is 11.4 Å². The van der Waals surface area contributed by atoms with Gasteiger partial charge >= 0.3 is 0 Å². The third-order valence-electron chi connectivity index (χ3n) is 3.54. The van der Waals surface area contributed by atoms with Gasteiger partial charge in [0, 0.05) is 25.2 Å². The van der Waals surface area contributed by atoms with E-state index in [0.717, 1.165) is 12.1 Å². The minimum absolute atomic E-state index is 0.0631. The molecule has 0 bridgehead atoms. The first kappa shape index (κ1) is 14.4. The number of piperazine rings is 1. The monoisotopic (exact) mass is 273 g/mol. The number of amides is 1. The zero-order valence-electron chi connectivity index (χ0n) is 12.1. The van der Waals surface area contributed by atoms with Crippen molar-refractivity contribution < 1.29 is 9.53 Å². The van der Waals surface area contributed by atoms with Crippen LogP contribution in [0.4, 0.5) is 0 Å². The Balaban J connectivity index is 2.25. The van der Waals surface area contributed by atoms with Gasteiger partial charge in [-0.1, -0.05) is 0 Å². The van der Waals surface area contributed by atoms with Crippen LogP contribution in [0.2, 0.25) is 0 Å². The molecule has 20 heavy (non-hydrogen) atoms. The molecule has 1 saturated heterocycles. The maximum absolute atomic E-state index is 12.4. The molecule has 1 aliphatic heterocycles. The molecule has 1 heterocycles. The van der Waals surface area contributed by atoms with Crippen molar-refractivity contribution in [2.75, 3.05) is 20.2 Å². The summed E-state index contributed by atoms with van der Waals surface area (Å²) in [7, 11) is 1.59. The Morgan fingerprint density at radius 1 is 1.50 bits per heavy atom. The van der Waals surface area contributed by atoms with Gasteiger partial charge in [-0.05, 0) is 32.0 Å². The van der Waals surface area contributed by atoms with E-state index in [9.17, 15) is 4.79 Å². The molecule has 1 aromatic rings. The van der Waals surface area contributed by atoms with Crippen LogP contribution in [-0.4, -0.2) is 36.5 Å². The number of carbonyl (C=O) groups is 1. The van der Waals surface area contributed by atoms with Crippen LogP contribution >= 0.6 is 0 Å². The molecule has 1 aromatic carbocycles. The van der Waals surface area contributed by atoms with Crippen molar-refractivity contribution in [1.29, 1.82) is 5.26 Å². The first-order chi connectivity index (χ1) is 9.47.